The van der Waals surface area contributed by atoms with E-state index in [1.807, 2.05) is 43.9 Å². The van der Waals surface area contributed by atoms with E-state index in [2.05, 4.69) is 13.0 Å². The van der Waals surface area contributed by atoms with Gasteiger partial charge in [0.15, 0.2) is 0 Å². The number of benzene rings is 1. The number of anilines is 1. The lowest BCUT2D eigenvalue weighted by molar-refractivity contribution is 0.0568. The normalized spacial score (nSPS) is 18.0. The number of unbranched alkanes of at least 4 members (excludes halogenated alkanes) is 1. The summed E-state index contributed by atoms with van der Waals surface area (Å²) >= 11 is 0. The van der Waals surface area contributed by atoms with Gasteiger partial charge in [-0.1, -0.05) is 38.0 Å². The van der Waals surface area contributed by atoms with Crippen molar-refractivity contribution >= 4 is 11.8 Å². The van der Waals surface area contributed by atoms with Gasteiger partial charge in [-0.3, -0.25) is 4.90 Å². The molecule has 0 aromatic heterocycles. The second-order valence-corrected chi connectivity index (χ2v) is 6.48. The maximum absolute atomic E-state index is 12.5. The number of hydrogen-bond donors (Lipinski definition) is 0. The van der Waals surface area contributed by atoms with Crippen molar-refractivity contribution in [3.63, 3.8) is 0 Å². The zero-order valence-corrected chi connectivity index (χ0v) is 13.0. The number of rotatable bonds is 3. The van der Waals surface area contributed by atoms with Crippen LogP contribution in [0, 0.1) is 0 Å². The quantitative estimate of drug-likeness (QED) is 0.810. The predicted octanol–water partition coefficient (Wildman–Crippen LogP) is 4.54. The first-order valence-corrected chi connectivity index (χ1v) is 7.52. The molecule has 1 aromatic rings. The monoisotopic (exact) mass is 275 g/mol. The number of carbonyl (C=O) groups excluding carboxylic acids is 1. The van der Waals surface area contributed by atoms with Crippen LogP contribution in [-0.2, 0) is 11.2 Å². The molecule has 1 atom stereocenters. The van der Waals surface area contributed by atoms with E-state index in [-0.39, 0.29) is 12.1 Å². The van der Waals surface area contributed by atoms with Crippen molar-refractivity contribution in [1.29, 1.82) is 0 Å². The van der Waals surface area contributed by atoms with Gasteiger partial charge in [-0.2, -0.15) is 0 Å². The molecule has 0 spiro atoms. The molecule has 1 aliphatic heterocycles. The maximum Gasteiger partial charge on any atom is 0.415 e. The van der Waals surface area contributed by atoms with E-state index in [1.165, 1.54) is 5.56 Å². The summed E-state index contributed by atoms with van der Waals surface area (Å²) in [6.07, 6.45) is 4.04. The Labute approximate surface area is 121 Å². The van der Waals surface area contributed by atoms with Crippen LogP contribution in [0.5, 0.6) is 0 Å². The average molecular weight is 275 g/mol. The van der Waals surface area contributed by atoms with Gasteiger partial charge in [-0.15, -0.1) is 0 Å². The van der Waals surface area contributed by atoms with E-state index < -0.39 is 5.60 Å². The molecular formula is C17H25NO2. The number of carbonyl (C=O) groups is 1. The lowest BCUT2D eigenvalue weighted by atomic mass is 10.1. The van der Waals surface area contributed by atoms with Crippen LogP contribution in [0.4, 0.5) is 10.5 Å². The van der Waals surface area contributed by atoms with E-state index in [9.17, 15) is 4.79 Å². The van der Waals surface area contributed by atoms with Crippen LogP contribution in [-0.4, -0.2) is 17.7 Å². The molecule has 0 unspecified atom stereocenters. The van der Waals surface area contributed by atoms with Gasteiger partial charge in [-0.05, 0) is 45.2 Å². The van der Waals surface area contributed by atoms with Gasteiger partial charge in [0.2, 0.25) is 0 Å². The fourth-order valence-corrected chi connectivity index (χ4v) is 2.69. The summed E-state index contributed by atoms with van der Waals surface area (Å²) in [5.74, 6) is 0. The first kappa shape index (κ1) is 14.9. The molecule has 0 aliphatic carbocycles. The molecule has 0 saturated carbocycles. The largest absolute Gasteiger partial charge is 0.443 e. The summed E-state index contributed by atoms with van der Waals surface area (Å²) in [4.78, 5) is 14.4. The van der Waals surface area contributed by atoms with E-state index in [1.54, 1.807) is 0 Å². The molecule has 2 rings (SSSR count). The van der Waals surface area contributed by atoms with Crippen molar-refractivity contribution < 1.29 is 9.53 Å². The third kappa shape index (κ3) is 3.33. The Bertz CT molecular complexity index is 476. The molecule has 0 fully saturated rings. The fraction of sp³-hybridized carbons (Fsp3) is 0.588. The number of hydrogen-bond acceptors (Lipinski definition) is 2. The number of amides is 1. The van der Waals surface area contributed by atoms with Gasteiger partial charge < -0.3 is 4.74 Å². The first-order chi connectivity index (χ1) is 9.42. The summed E-state index contributed by atoms with van der Waals surface area (Å²) in [6.45, 7) is 7.91. The Morgan fingerprint density at radius 2 is 2.05 bits per heavy atom. The van der Waals surface area contributed by atoms with Crippen LogP contribution in [0.15, 0.2) is 24.3 Å². The van der Waals surface area contributed by atoms with Crippen molar-refractivity contribution in [1.82, 2.24) is 0 Å². The van der Waals surface area contributed by atoms with Crippen molar-refractivity contribution in [2.24, 2.45) is 0 Å². The van der Waals surface area contributed by atoms with Gasteiger partial charge in [0.25, 0.3) is 0 Å². The average Bonchev–Trinajstić information content (AvgIpc) is 2.72. The summed E-state index contributed by atoms with van der Waals surface area (Å²) in [5, 5.41) is 0. The van der Waals surface area contributed by atoms with E-state index in [4.69, 9.17) is 4.74 Å². The molecule has 1 amide bonds. The third-order valence-electron chi connectivity index (χ3n) is 3.55. The fourth-order valence-electron chi connectivity index (χ4n) is 2.69. The predicted molar refractivity (Wildman–Crippen MR) is 82.2 cm³/mol. The smallest absolute Gasteiger partial charge is 0.415 e. The van der Waals surface area contributed by atoms with E-state index >= 15 is 0 Å². The minimum absolute atomic E-state index is 0.219. The van der Waals surface area contributed by atoms with Gasteiger partial charge in [0, 0.05) is 6.04 Å². The lowest BCUT2D eigenvalue weighted by Gasteiger charge is -2.29. The zero-order chi connectivity index (χ0) is 14.8. The highest BCUT2D eigenvalue weighted by Crippen LogP contribution is 2.35. The van der Waals surface area contributed by atoms with Crippen LogP contribution >= 0.6 is 0 Å². The maximum atomic E-state index is 12.5. The highest BCUT2D eigenvalue weighted by Gasteiger charge is 2.35. The molecule has 1 aliphatic rings. The van der Waals surface area contributed by atoms with Crippen molar-refractivity contribution in [2.75, 3.05) is 4.90 Å². The lowest BCUT2D eigenvalue weighted by Crippen LogP contribution is -2.41. The van der Waals surface area contributed by atoms with Crippen LogP contribution in [0.1, 0.15) is 52.5 Å². The molecule has 0 bridgehead atoms. The molecular weight excluding hydrogens is 250 g/mol. The Morgan fingerprint density at radius 3 is 2.70 bits per heavy atom. The molecule has 110 valence electrons. The molecule has 0 N–H and O–H groups in total. The minimum atomic E-state index is -0.454. The molecule has 20 heavy (non-hydrogen) atoms. The Hall–Kier alpha value is -1.51. The van der Waals surface area contributed by atoms with Crippen LogP contribution < -0.4 is 4.90 Å². The molecule has 3 heteroatoms. The van der Waals surface area contributed by atoms with Gasteiger partial charge >= 0.3 is 6.09 Å². The molecule has 0 radical (unpaired) electrons. The number of ether oxygens (including phenoxy) is 1. The standard InChI is InChI=1S/C17H25NO2/c1-5-6-10-14-12-13-9-7-8-11-15(13)18(14)16(19)20-17(2,3)4/h7-9,11,14H,5-6,10,12H2,1-4H3/t14-/m1/s1. The van der Waals surface area contributed by atoms with Crippen LogP contribution in [0.2, 0.25) is 0 Å². The van der Waals surface area contributed by atoms with Gasteiger partial charge in [0.1, 0.15) is 5.60 Å². The first-order valence-electron chi connectivity index (χ1n) is 7.52. The minimum Gasteiger partial charge on any atom is -0.443 e. The topological polar surface area (TPSA) is 29.5 Å². The van der Waals surface area contributed by atoms with Crippen LogP contribution in [0.25, 0.3) is 0 Å². The summed E-state index contributed by atoms with van der Waals surface area (Å²) in [6, 6.07) is 8.39. The number of nitrogens with zero attached hydrogens (tertiary/aromatic N) is 1. The highest BCUT2D eigenvalue weighted by atomic mass is 16.6. The van der Waals surface area contributed by atoms with Crippen molar-refractivity contribution in [3.8, 4) is 0 Å². The van der Waals surface area contributed by atoms with Crippen molar-refractivity contribution in [2.45, 2.75) is 65.0 Å². The van der Waals surface area contributed by atoms with E-state index in [0.717, 1.165) is 31.4 Å². The molecule has 1 aromatic carbocycles. The Balaban J connectivity index is 2.22. The summed E-state index contributed by atoms with van der Waals surface area (Å²) < 4.78 is 5.58. The Kier molecular flexibility index (Phi) is 4.36. The zero-order valence-electron chi connectivity index (χ0n) is 13.0. The number of para-hydroxylation sites is 1. The van der Waals surface area contributed by atoms with Crippen molar-refractivity contribution in [3.05, 3.63) is 29.8 Å². The van der Waals surface area contributed by atoms with Gasteiger partial charge in [0.05, 0.1) is 5.69 Å². The summed E-state index contributed by atoms with van der Waals surface area (Å²) in [7, 11) is 0. The number of fused-ring (bicyclic) bond motifs is 1. The van der Waals surface area contributed by atoms with Gasteiger partial charge in [-0.25, -0.2) is 4.79 Å². The molecule has 1 heterocycles. The van der Waals surface area contributed by atoms with E-state index in [0.29, 0.717) is 0 Å². The Morgan fingerprint density at radius 1 is 1.35 bits per heavy atom. The summed E-state index contributed by atoms with van der Waals surface area (Å²) in [5.41, 5.74) is 1.81. The molecule has 3 nitrogen and oxygen atoms in total. The third-order valence-corrected chi connectivity index (χ3v) is 3.55. The molecule has 0 saturated heterocycles. The second-order valence-electron chi connectivity index (χ2n) is 6.48. The highest BCUT2D eigenvalue weighted by molar-refractivity contribution is 5.91. The SMILES string of the molecule is CCCC[C@@H]1Cc2ccccc2N1C(=O)OC(C)(C)C. The van der Waals surface area contributed by atoms with Crippen LogP contribution in [0.3, 0.4) is 0 Å². The second kappa shape index (κ2) is 5.86.